The second kappa shape index (κ2) is 6.69. The number of benzene rings is 2. The Morgan fingerprint density at radius 3 is 2.62 bits per heavy atom. The van der Waals surface area contributed by atoms with E-state index in [1.165, 1.54) is 32.4 Å². The van der Waals surface area contributed by atoms with Crippen LogP contribution in [0.25, 0.3) is 27.8 Å². The molecule has 1 aromatic heterocycles. The predicted molar refractivity (Wildman–Crippen MR) is 111 cm³/mol. The summed E-state index contributed by atoms with van der Waals surface area (Å²) in [6, 6.07) is 10.7. The average molecular weight is 364 g/mol. The molecule has 0 unspecified atom stereocenters. The van der Waals surface area contributed by atoms with E-state index in [-0.39, 0.29) is 0 Å². The first-order chi connectivity index (χ1) is 12.6. The summed E-state index contributed by atoms with van der Waals surface area (Å²) in [4.78, 5) is 2.16. The number of methoxy groups -OCH3 is 1. The molecule has 0 saturated carbocycles. The molecule has 26 heavy (non-hydrogen) atoms. The van der Waals surface area contributed by atoms with E-state index in [1.54, 1.807) is 18.9 Å². The largest absolute Gasteiger partial charge is 0.496 e. The molecule has 2 aromatic carbocycles. The molecule has 1 aliphatic heterocycles. The zero-order chi connectivity index (χ0) is 18.3. The third kappa shape index (κ3) is 2.65. The van der Waals surface area contributed by atoms with Crippen molar-refractivity contribution in [3.8, 4) is 5.75 Å². The summed E-state index contributed by atoms with van der Waals surface area (Å²) >= 11 is 1.76. The lowest BCUT2D eigenvalue weighted by atomic mass is 9.99. The summed E-state index contributed by atoms with van der Waals surface area (Å²) in [5, 5.41) is 7.00. The van der Waals surface area contributed by atoms with Crippen molar-refractivity contribution in [1.82, 2.24) is 4.90 Å². The third-order valence-electron chi connectivity index (χ3n) is 5.06. The number of fused-ring (bicyclic) bond motifs is 3. The Hall–Kier alpha value is -2.46. The van der Waals surface area contributed by atoms with Gasteiger partial charge in [0.05, 0.1) is 22.9 Å². The Labute approximate surface area is 158 Å². The summed E-state index contributed by atoms with van der Waals surface area (Å²) in [6.45, 7) is 5.32. The van der Waals surface area contributed by atoms with Gasteiger partial charge in [0.15, 0.2) is 6.20 Å². The van der Waals surface area contributed by atoms with Crippen LogP contribution in [0.4, 0.5) is 0 Å². The van der Waals surface area contributed by atoms with E-state index >= 15 is 0 Å². The number of thioether (sulfide) groups is 1. The summed E-state index contributed by atoms with van der Waals surface area (Å²) in [5.74, 6) is 0.928. The topological polar surface area (TPSA) is 16.4 Å². The lowest BCUT2D eigenvalue weighted by Crippen LogP contribution is -2.34. The van der Waals surface area contributed by atoms with Gasteiger partial charge in [-0.3, -0.25) is 0 Å². The maximum atomic E-state index is 5.71. The molecule has 0 N–H and O–H groups in total. The van der Waals surface area contributed by atoms with E-state index in [9.17, 15) is 0 Å². The minimum atomic E-state index is 0.921. The molecule has 1 aliphatic rings. The molecule has 0 amide bonds. The highest BCUT2D eigenvalue weighted by molar-refractivity contribution is 8.06. The van der Waals surface area contributed by atoms with Gasteiger partial charge in [-0.2, -0.15) is 4.57 Å². The lowest BCUT2D eigenvalue weighted by Gasteiger charge is -2.14. The smallest absolute Gasteiger partial charge is 0.220 e. The highest BCUT2D eigenvalue weighted by atomic mass is 32.2. The van der Waals surface area contributed by atoms with Crippen LogP contribution in [0.15, 0.2) is 53.2 Å². The number of ether oxygens (including phenoxy) is 1. The molecule has 4 heteroatoms. The van der Waals surface area contributed by atoms with Gasteiger partial charge < -0.3 is 9.64 Å². The molecule has 0 bridgehead atoms. The molecule has 0 spiro atoms. The first kappa shape index (κ1) is 17.0. The van der Waals surface area contributed by atoms with Gasteiger partial charge in [-0.15, -0.1) is 0 Å². The fraction of sp³-hybridized carbons (Fsp3) is 0.227. The summed E-state index contributed by atoms with van der Waals surface area (Å²) < 4.78 is 8.06. The van der Waals surface area contributed by atoms with Crippen LogP contribution >= 0.6 is 11.8 Å². The van der Waals surface area contributed by atoms with E-state index in [4.69, 9.17) is 4.74 Å². The van der Waals surface area contributed by atoms with Gasteiger partial charge in [0.2, 0.25) is 5.52 Å². The molecule has 3 aromatic rings. The molecule has 132 valence electrons. The van der Waals surface area contributed by atoms with Crippen molar-refractivity contribution in [2.75, 3.05) is 14.2 Å². The van der Waals surface area contributed by atoms with E-state index in [0.717, 1.165) is 17.7 Å². The van der Waals surface area contributed by atoms with E-state index < -0.39 is 0 Å². The number of aryl methyl sites for hydroxylation is 2. The highest BCUT2D eigenvalue weighted by Gasteiger charge is 2.20. The van der Waals surface area contributed by atoms with Gasteiger partial charge in [0.25, 0.3) is 0 Å². The Morgan fingerprint density at radius 2 is 1.96 bits per heavy atom. The fourth-order valence-corrected chi connectivity index (χ4v) is 4.39. The van der Waals surface area contributed by atoms with Crippen LogP contribution < -0.4 is 9.30 Å². The van der Waals surface area contributed by atoms with Crippen molar-refractivity contribution in [1.29, 1.82) is 0 Å². The second-order valence-corrected chi connectivity index (χ2v) is 7.44. The highest BCUT2D eigenvalue weighted by Crippen LogP contribution is 2.35. The lowest BCUT2D eigenvalue weighted by molar-refractivity contribution is -0.667. The first-order valence-corrected chi connectivity index (χ1v) is 9.72. The molecule has 0 radical (unpaired) electrons. The molecule has 0 fully saturated rings. The Balaban J connectivity index is 2.07. The fourth-order valence-electron chi connectivity index (χ4n) is 3.59. The molecule has 0 aliphatic carbocycles. The van der Waals surface area contributed by atoms with Gasteiger partial charge in [-0.25, -0.2) is 0 Å². The van der Waals surface area contributed by atoms with Crippen LogP contribution in [0.2, 0.25) is 0 Å². The van der Waals surface area contributed by atoms with Crippen molar-refractivity contribution in [2.24, 2.45) is 0 Å². The molecule has 0 saturated heterocycles. The standard InChI is InChI=1S/C22H23N2OS/c1-5-24-14-16(12-21-23(3)10-11-26-21)15(2)19-13-20(25-4)17-8-6-7-9-18(17)22(19)24/h6-14H,5H2,1-4H3/q+1/b21-12-. The SMILES string of the molecule is CC[n+]1cc(/C=C2\SC=CN2C)c(C)c2cc(OC)c3ccccc3c21. The van der Waals surface area contributed by atoms with Crippen molar-refractivity contribution in [3.05, 3.63) is 64.3 Å². The van der Waals surface area contributed by atoms with Crippen LogP contribution in [0.1, 0.15) is 18.1 Å². The number of rotatable bonds is 3. The number of nitrogens with zero attached hydrogens (tertiary/aromatic N) is 2. The maximum absolute atomic E-state index is 5.71. The van der Waals surface area contributed by atoms with E-state index in [0.29, 0.717) is 0 Å². The third-order valence-corrected chi connectivity index (χ3v) is 5.96. The molecule has 2 heterocycles. The Bertz CT molecular complexity index is 1070. The number of hydrogen-bond acceptors (Lipinski definition) is 3. The minimum absolute atomic E-state index is 0.921. The Kier molecular flexibility index (Phi) is 4.37. The minimum Gasteiger partial charge on any atom is -0.496 e. The Morgan fingerprint density at radius 1 is 1.19 bits per heavy atom. The zero-order valence-electron chi connectivity index (χ0n) is 15.6. The first-order valence-electron chi connectivity index (χ1n) is 8.84. The second-order valence-electron chi connectivity index (χ2n) is 6.51. The predicted octanol–water partition coefficient (Wildman–Crippen LogP) is 5.07. The van der Waals surface area contributed by atoms with Crippen molar-refractivity contribution in [2.45, 2.75) is 20.4 Å². The van der Waals surface area contributed by atoms with Crippen LogP contribution in [0.5, 0.6) is 5.75 Å². The monoisotopic (exact) mass is 363 g/mol. The van der Waals surface area contributed by atoms with E-state index in [1.807, 2.05) is 0 Å². The number of pyridine rings is 1. The van der Waals surface area contributed by atoms with E-state index in [2.05, 4.69) is 84.6 Å². The van der Waals surface area contributed by atoms with Gasteiger partial charge >= 0.3 is 0 Å². The molecule has 4 rings (SSSR count). The van der Waals surface area contributed by atoms with Crippen molar-refractivity contribution < 1.29 is 9.30 Å². The van der Waals surface area contributed by atoms with Crippen molar-refractivity contribution >= 4 is 39.5 Å². The molecule has 0 atom stereocenters. The quantitative estimate of drug-likeness (QED) is 0.478. The number of hydrogen-bond donors (Lipinski definition) is 0. The summed E-state index contributed by atoms with van der Waals surface area (Å²) in [6.07, 6.45) is 6.64. The van der Waals surface area contributed by atoms with Crippen LogP contribution in [-0.2, 0) is 6.54 Å². The summed E-state index contributed by atoms with van der Waals surface area (Å²) in [7, 11) is 3.83. The van der Waals surface area contributed by atoms with Gasteiger partial charge in [-0.05, 0) is 43.0 Å². The zero-order valence-corrected chi connectivity index (χ0v) is 16.4. The normalized spacial score (nSPS) is 15.5. The molecular formula is C22H23N2OS+. The average Bonchev–Trinajstić information content (AvgIpc) is 3.07. The van der Waals surface area contributed by atoms with Crippen LogP contribution in [-0.4, -0.2) is 19.1 Å². The van der Waals surface area contributed by atoms with Gasteiger partial charge in [0, 0.05) is 24.2 Å². The number of aromatic nitrogens is 1. The maximum Gasteiger partial charge on any atom is 0.220 e. The van der Waals surface area contributed by atoms with Crippen molar-refractivity contribution in [3.63, 3.8) is 0 Å². The van der Waals surface area contributed by atoms with Crippen LogP contribution in [0.3, 0.4) is 0 Å². The van der Waals surface area contributed by atoms with Gasteiger partial charge in [0.1, 0.15) is 12.3 Å². The van der Waals surface area contributed by atoms with Gasteiger partial charge in [-0.1, -0.05) is 30.0 Å². The summed E-state index contributed by atoms with van der Waals surface area (Å²) in [5.41, 5.74) is 3.80. The van der Waals surface area contributed by atoms with Crippen LogP contribution in [0, 0.1) is 6.92 Å². The molecular weight excluding hydrogens is 340 g/mol. The molecule has 3 nitrogen and oxygen atoms in total.